The van der Waals surface area contributed by atoms with E-state index in [9.17, 15) is 0 Å². The van der Waals surface area contributed by atoms with Crippen LogP contribution in [-0.4, -0.2) is 5.11 Å². The van der Waals surface area contributed by atoms with E-state index in [4.69, 9.17) is 5.11 Å². The van der Waals surface area contributed by atoms with Gasteiger partial charge in [0.2, 0.25) is 0 Å². The summed E-state index contributed by atoms with van der Waals surface area (Å²) < 4.78 is 0. The Labute approximate surface area is 95.6 Å². The second kappa shape index (κ2) is 4.81. The lowest BCUT2D eigenvalue weighted by Crippen LogP contribution is -1.91. The summed E-state index contributed by atoms with van der Waals surface area (Å²) in [4.78, 5) is 0. The molecule has 0 atom stereocenters. The van der Waals surface area contributed by atoms with Crippen molar-refractivity contribution in [2.75, 3.05) is 5.32 Å². The standard InChI is InChI=1S/C14H15NO/c1-11-3-2-4-14(9-11)15-13-7-5-12(10-16)6-8-13/h2-9,15-16H,10H2,1H3. The van der Waals surface area contributed by atoms with Crippen LogP contribution in [0.4, 0.5) is 11.4 Å². The molecule has 2 N–H and O–H groups in total. The van der Waals surface area contributed by atoms with Gasteiger partial charge in [-0.3, -0.25) is 0 Å². The van der Waals surface area contributed by atoms with Crippen LogP contribution in [0.3, 0.4) is 0 Å². The molecule has 0 aromatic heterocycles. The average Bonchev–Trinajstić information content (AvgIpc) is 2.30. The molecule has 0 saturated carbocycles. The van der Waals surface area contributed by atoms with Gasteiger partial charge in [-0.25, -0.2) is 0 Å². The lowest BCUT2D eigenvalue weighted by molar-refractivity contribution is 0.282. The fourth-order valence-electron chi connectivity index (χ4n) is 1.58. The minimum Gasteiger partial charge on any atom is -0.392 e. The van der Waals surface area contributed by atoms with Crippen molar-refractivity contribution in [3.8, 4) is 0 Å². The molecule has 0 spiro atoms. The van der Waals surface area contributed by atoms with E-state index in [1.807, 2.05) is 36.4 Å². The third kappa shape index (κ3) is 2.61. The fraction of sp³-hybridized carbons (Fsp3) is 0.143. The quantitative estimate of drug-likeness (QED) is 0.820. The molecule has 0 bridgehead atoms. The smallest absolute Gasteiger partial charge is 0.0681 e. The van der Waals surface area contributed by atoms with Gasteiger partial charge in [-0.15, -0.1) is 0 Å². The number of anilines is 2. The van der Waals surface area contributed by atoms with E-state index >= 15 is 0 Å². The van der Waals surface area contributed by atoms with Crippen molar-refractivity contribution in [3.05, 3.63) is 59.7 Å². The Morgan fingerprint density at radius 1 is 1.00 bits per heavy atom. The Bertz CT molecular complexity index is 462. The van der Waals surface area contributed by atoms with Crippen molar-refractivity contribution < 1.29 is 5.11 Å². The highest BCUT2D eigenvalue weighted by molar-refractivity contribution is 5.60. The summed E-state index contributed by atoms with van der Waals surface area (Å²) in [6.07, 6.45) is 0. The maximum Gasteiger partial charge on any atom is 0.0681 e. The second-order valence-electron chi connectivity index (χ2n) is 3.85. The molecular formula is C14H15NO. The number of aryl methyl sites for hydroxylation is 1. The van der Waals surface area contributed by atoms with Gasteiger partial charge in [-0.05, 0) is 42.3 Å². The summed E-state index contributed by atoms with van der Waals surface area (Å²) in [5.41, 5.74) is 4.27. The topological polar surface area (TPSA) is 32.3 Å². The van der Waals surface area contributed by atoms with E-state index in [-0.39, 0.29) is 6.61 Å². The second-order valence-corrected chi connectivity index (χ2v) is 3.85. The number of aliphatic hydroxyl groups excluding tert-OH is 1. The van der Waals surface area contributed by atoms with Gasteiger partial charge in [-0.1, -0.05) is 24.3 Å². The third-order valence-electron chi connectivity index (χ3n) is 2.44. The Morgan fingerprint density at radius 3 is 2.38 bits per heavy atom. The number of aliphatic hydroxyl groups is 1. The summed E-state index contributed by atoms with van der Waals surface area (Å²) in [7, 11) is 0. The first-order valence-electron chi connectivity index (χ1n) is 5.31. The van der Waals surface area contributed by atoms with Crippen LogP contribution in [0.1, 0.15) is 11.1 Å². The molecule has 2 nitrogen and oxygen atoms in total. The molecule has 0 saturated heterocycles. The number of benzene rings is 2. The number of hydrogen-bond donors (Lipinski definition) is 2. The van der Waals surface area contributed by atoms with Gasteiger partial charge in [0.15, 0.2) is 0 Å². The van der Waals surface area contributed by atoms with E-state index in [1.165, 1.54) is 5.56 Å². The SMILES string of the molecule is Cc1cccc(Nc2ccc(CO)cc2)c1. The van der Waals surface area contributed by atoms with E-state index < -0.39 is 0 Å². The zero-order valence-electron chi connectivity index (χ0n) is 9.27. The first kappa shape index (κ1) is 10.7. The van der Waals surface area contributed by atoms with Crippen LogP contribution in [0.5, 0.6) is 0 Å². The molecule has 82 valence electrons. The van der Waals surface area contributed by atoms with Gasteiger partial charge in [0, 0.05) is 11.4 Å². The Kier molecular flexibility index (Phi) is 3.22. The van der Waals surface area contributed by atoms with Gasteiger partial charge < -0.3 is 10.4 Å². The van der Waals surface area contributed by atoms with Crippen molar-refractivity contribution in [2.24, 2.45) is 0 Å². The largest absolute Gasteiger partial charge is 0.392 e. The molecule has 2 aromatic carbocycles. The van der Waals surface area contributed by atoms with Crippen molar-refractivity contribution in [2.45, 2.75) is 13.5 Å². The molecule has 2 rings (SSSR count). The lowest BCUT2D eigenvalue weighted by Gasteiger charge is -2.07. The molecule has 0 aliphatic rings. The molecule has 16 heavy (non-hydrogen) atoms. The molecule has 0 unspecified atom stereocenters. The highest BCUT2D eigenvalue weighted by Gasteiger charge is 1.95. The predicted octanol–water partition coefficient (Wildman–Crippen LogP) is 3.23. The van der Waals surface area contributed by atoms with Gasteiger partial charge in [0.1, 0.15) is 0 Å². The van der Waals surface area contributed by atoms with Gasteiger partial charge in [0.05, 0.1) is 6.61 Å². The number of rotatable bonds is 3. The number of nitrogens with one attached hydrogen (secondary N) is 1. The number of hydrogen-bond acceptors (Lipinski definition) is 2. The zero-order valence-corrected chi connectivity index (χ0v) is 9.27. The van der Waals surface area contributed by atoms with Crippen LogP contribution >= 0.6 is 0 Å². The molecule has 2 heteroatoms. The van der Waals surface area contributed by atoms with E-state index in [2.05, 4.69) is 24.4 Å². The predicted molar refractivity (Wildman–Crippen MR) is 66.8 cm³/mol. The van der Waals surface area contributed by atoms with Crippen molar-refractivity contribution in [1.82, 2.24) is 0 Å². The zero-order chi connectivity index (χ0) is 11.4. The minimum atomic E-state index is 0.0880. The van der Waals surface area contributed by atoms with Crippen LogP contribution in [0.25, 0.3) is 0 Å². The van der Waals surface area contributed by atoms with Crippen LogP contribution in [0, 0.1) is 6.92 Å². The monoisotopic (exact) mass is 213 g/mol. The Hall–Kier alpha value is -1.80. The molecule has 2 aromatic rings. The summed E-state index contributed by atoms with van der Waals surface area (Å²) >= 11 is 0. The van der Waals surface area contributed by atoms with Crippen LogP contribution < -0.4 is 5.32 Å². The van der Waals surface area contributed by atoms with E-state index in [0.29, 0.717) is 0 Å². The van der Waals surface area contributed by atoms with Crippen LogP contribution in [0.2, 0.25) is 0 Å². The Morgan fingerprint density at radius 2 is 1.75 bits per heavy atom. The summed E-state index contributed by atoms with van der Waals surface area (Å²) in [6, 6.07) is 16.0. The lowest BCUT2D eigenvalue weighted by atomic mass is 10.2. The normalized spacial score (nSPS) is 10.1. The molecule has 0 radical (unpaired) electrons. The van der Waals surface area contributed by atoms with Crippen molar-refractivity contribution in [3.63, 3.8) is 0 Å². The van der Waals surface area contributed by atoms with E-state index in [0.717, 1.165) is 16.9 Å². The molecule has 0 amide bonds. The minimum absolute atomic E-state index is 0.0880. The highest BCUT2D eigenvalue weighted by Crippen LogP contribution is 2.17. The summed E-state index contributed by atoms with van der Waals surface area (Å²) in [5.74, 6) is 0. The van der Waals surface area contributed by atoms with E-state index in [1.54, 1.807) is 0 Å². The average molecular weight is 213 g/mol. The summed E-state index contributed by atoms with van der Waals surface area (Å²) in [5, 5.41) is 12.2. The third-order valence-corrected chi connectivity index (χ3v) is 2.44. The molecule has 0 aliphatic carbocycles. The molecule has 0 heterocycles. The molecular weight excluding hydrogens is 198 g/mol. The first-order valence-corrected chi connectivity index (χ1v) is 5.31. The van der Waals surface area contributed by atoms with Crippen molar-refractivity contribution in [1.29, 1.82) is 0 Å². The van der Waals surface area contributed by atoms with Gasteiger partial charge in [-0.2, -0.15) is 0 Å². The van der Waals surface area contributed by atoms with Crippen LogP contribution in [-0.2, 0) is 6.61 Å². The van der Waals surface area contributed by atoms with Gasteiger partial charge in [0.25, 0.3) is 0 Å². The molecule has 0 fully saturated rings. The fourth-order valence-corrected chi connectivity index (χ4v) is 1.58. The summed E-state index contributed by atoms with van der Waals surface area (Å²) in [6.45, 7) is 2.16. The molecule has 0 aliphatic heterocycles. The maximum atomic E-state index is 8.93. The highest BCUT2D eigenvalue weighted by atomic mass is 16.3. The Balaban J connectivity index is 2.14. The van der Waals surface area contributed by atoms with Gasteiger partial charge >= 0.3 is 0 Å². The first-order chi connectivity index (χ1) is 7.78. The maximum absolute atomic E-state index is 8.93. The van der Waals surface area contributed by atoms with Crippen LogP contribution in [0.15, 0.2) is 48.5 Å². The van der Waals surface area contributed by atoms with Crippen molar-refractivity contribution >= 4 is 11.4 Å².